The van der Waals surface area contributed by atoms with Gasteiger partial charge in [0.25, 0.3) is 5.91 Å². The molecule has 6 heteroatoms. The maximum absolute atomic E-state index is 12.2. The molecule has 0 bridgehead atoms. The van der Waals surface area contributed by atoms with Crippen LogP contribution < -0.4 is 16.0 Å². The number of nitrogens with zero attached hydrogens (tertiary/aromatic N) is 1. The number of hydrogen-bond donors (Lipinski definition) is 3. The maximum Gasteiger partial charge on any atom is 0.255 e. The van der Waals surface area contributed by atoms with Crippen LogP contribution in [0.3, 0.4) is 0 Å². The lowest BCUT2D eigenvalue weighted by Crippen LogP contribution is -2.45. The van der Waals surface area contributed by atoms with Gasteiger partial charge in [-0.15, -0.1) is 0 Å². The normalized spacial score (nSPS) is 11.9. The fourth-order valence-corrected chi connectivity index (χ4v) is 1.69. The lowest BCUT2D eigenvalue weighted by Gasteiger charge is -2.16. The third kappa shape index (κ3) is 5.41. The number of nitrogens with one attached hydrogen (secondary N) is 3. The number of rotatable bonds is 7. The minimum atomic E-state index is -0.592. The third-order valence-electron chi connectivity index (χ3n) is 2.82. The molecule has 0 aliphatic carbocycles. The van der Waals surface area contributed by atoms with Crippen molar-refractivity contribution in [2.75, 3.05) is 18.4 Å². The van der Waals surface area contributed by atoms with Crippen LogP contribution in [-0.2, 0) is 4.79 Å². The number of carbonyl (C=O) groups is 2. The SMILES string of the molecule is CCNc1ncccc1C(=O)NC(C)C(=O)NCC(C)C. The summed E-state index contributed by atoms with van der Waals surface area (Å²) in [7, 11) is 0. The Kier molecular flexibility index (Phi) is 6.65. The predicted molar refractivity (Wildman–Crippen MR) is 83.2 cm³/mol. The number of anilines is 1. The van der Waals surface area contributed by atoms with Gasteiger partial charge in [0.15, 0.2) is 0 Å². The summed E-state index contributed by atoms with van der Waals surface area (Å²) in [6.07, 6.45) is 1.62. The van der Waals surface area contributed by atoms with Gasteiger partial charge in [-0.05, 0) is 31.9 Å². The number of aromatic nitrogens is 1. The molecule has 0 aliphatic heterocycles. The van der Waals surface area contributed by atoms with Crippen LogP contribution in [0.25, 0.3) is 0 Å². The first-order valence-electron chi connectivity index (χ1n) is 7.23. The largest absolute Gasteiger partial charge is 0.370 e. The van der Waals surface area contributed by atoms with Crippen molar-refractivity contribution in [3.63, 3.8) is 0 Å². The summed E-state index contributed by atoms with van der Waals surface area (Å²) in [6, 6.07) is 2.78. The highest BCUT2D eigenvalue weighted by molar-refractivity contribution is 6.00. The Bertz CT molecular complexity index is 488. The Labute approximate surface area is 125 Å². The summed E-state index contributed by atoms with van der Waals surface area (Å²) in [6.45, 7) is 8.88. The molecule has 21 heavy (non-hydrogen) atoms. The fraction of sp³-hybridized carbons (Fsp3) is 0.533. The standard InChI is InChI=1S/C15H24N4O2/c1-5-16-13-12(7-6-8-17-13)15(21)19-11(4)14(20)18-9-10(2)3/h6-8,10-11H,5,9H2,1-4H3,(H,16,17)(H,18,20)(H,19,21). The van der Waals surface area contributed by atoms with Crippen molar-refractivity contribution in [3.05, 3.63) is 23.9 Å². The van der Waals surface area contributed by atoms with Gasteiger partial charge in [-0.25, -0.2) is 4.98 Å². The highest BCUT2D eigenvalue weighted by Crippen LogP contribution is 2.11. The van der Waals surface area contributed by atoms with Crippen LogP contribution in [0.15, 0.2) is 18.3 Å². The Morgan fingerprint density at radius 2 is 2.00 bits per heavy atom. The zero-order chi connectivity index (χ0) is 15.8. The van der Waals surface area contributed by atoms with Gasteiger partial charge in [-0.2, -0.15) is 0 Å². The Hall–Kier alpha value is -2.11. The van der Waals surface area contributed by atoms with Crippen molar-refractivity contribution in [1.29, 1.82) is 0 Å². The van der Waals surface area contributed by atoms with Crippen LogP contribution in [0.5, 0.6) is 0 Å². The van der Waals surface area contributed by atoms with E-state index in [2.05, 4.69) is 20.9 Å². The van der Waals surface area contributed by atoms with E-state index in [1.54, 1.807) is 25.3 Å². The minimum absolute atomic E-state index is 0.189. The summed E-state index contributed by atoms with van der Waals surface area (Å²) >= 11 is 0. The molecule has 1 aromatic heterocycles. The molecule has 0 radical (unpaired) electrons. The molecule has 0 aliphatic rings. The molecule has 1 aromatic rings. The molecule has 3 N–H and O–H groups in total. The topological polar surface area (TPSA) is 83.1 Å². The van der Waals surface area contributed by atoms with Crippen molar-refractivity contribution < 1.29 is 9.59 Å². The van der Waals surface area contributed by atoms with E-state index < -0.39 is 6.04 Å². The van der Waals surface area contributed by atoms with Crippen LogP contribution in [0.4, 0.5) is 5.82 Å². The van der Waals surface area contributed by atoms with E-state index in [-0.39, 0.29) is 11.8 Å². The van der Waals surface area contributed by atoms with Crippen molar-refractivity contribution in [3.8, 4) is 0 Å². The van der Waals surface area contributed by atoms with Gasteiger partial charge in [0.2, 0.25) is 5.91 Å². The summed E-state index contributed by atoms with van der Waals surface area (Å²) in [5.74, 6) is 0.389. The van der Waals surface area contributed by atoms with E-state index in [0.717, 1.165) is 0 Å². The lowest BCUT2D eigenvalue weighted by molar-refractivity contribution is -0.122. The van der Waals surface area contributed by atoms with Gasteiger partial charge >= 0.3 is 0 Å². The first-order chi connectivity index (χ1) is 9.95. The van der Waals surface area contributed by atoms with Gasteiger partial charge in [0.1, 0.15) is 11.9 Å². The van der Waals surface area contributed by atoms with E-state index in [9.17, 15) is 9.59 Å². The zero-order valence-corrected chi connectivity index (χ0v) is 13.1. The molecule has 0 saturated heterocycles. The summed E-state index contributed by atoms with van der Waals surface area (Å²) in [4.78, 5) is 28.2. The average molecular weight is 292 g/mol. The molecule has 1 atom stereocenters. The van der Waals surface area contributed by atoms with E-state index in [4.69, 9.17) is 0 Å². The Balaban J connectivity index is 2.66. The molecule has 1 unspecified atom stereocenters. The predicted octanol–water partition coefficient (Wildman–Crippen LogP) is 1.40. The molecular weight excluding hydrogens is 268 g/mol. The molecular formula is C15H24N4O2. The van der Waals surface area contributed by atoms with Gasteiger partial charge < -0.3 is 16.0 Å². The van der Waals surface area contributed by atoms with E-state index in [1.165, 1.54) is 0 Å². The molecule has 2 amide bonds. The minimum Gasteiger partial charge on any atom is -0.370 e. The molecule has 0 spiro atoms. The second-order valence-corrected chi connectivity index (χ2v) is 5.26. The molecule has 1 rings (SSSR count). The smallest absolute Gasteiger partial charge is 0.255 e. The first kappa shape index (κ1) is 16.9. The van der Waals surface area contributed by atoms with Crippen LogP contribution in [0, 0.1) is 5.92 Å². The second-order valence-electron chi connectivity index (χ2n) is 5.26. The Morgan fingerprint density at radius 3 is 2.62 bits per heavy atom. The third-order valence-corrected chi connectivity index (χ3v) is 2.82. The quantitative estimate of drug-likeness (QED) is 0.709. The number of hydrogen-bond acceptors (Lipinski definition) is 4. The van der Waals surface area contributed by atoms with Gasteiger partial charge in [0.05, 0.1) is 5.56 Å². The molecule has 0 fully saturated rings. The van der Waals surface area contributed by atoms with E-state index in [1.807, 2.05) is 20.8 Å². The highest BCUT2D eigenvalue weighted by atomic mass is 16.2. The first-order valence-corrected chi connectivity index (χ1v) is 7.23. The second kappa shape index (κ2) is 8.24. The highest BCUT2D eigenvalue weighted by Gasteiger charge is 2.18. The fourth-order valence-electron chi connectivity index (χ4n) is 1.69. The number of amides is 2. The zero-order valence-electron chi connectivity index (χ0n) is 13.1. The van der Waals surface area contributed by atoms with E-state index in [0.29, 0.717) is 30.4 Å². The molecule has 6 nitrogen and oxygen atoms in total. The number of carbonyl (C=O) groups excluding carboxylic acids is 2. The van der Waals surface area contributed by atoms with Crippen LogP contribution >= 0.6 is 0 Å². The van der Waals surface area contributed by atoms with Crippen molar-refractivity contribution in [1.82, 2.24) is 15.6 Å². The van der Waals surface area contributed by atoms with Crippen LogP contribution in [0.1, 0.15) is 38.1 Å². The van der Waals surface area contributed by atoms with Crippen molar-refractivity contribution in [2.24, 2.45) is 5.92 Å². The summed E-state index contributed by atoms with van der Waals surface area (Å²) in [5.41, 5.74) is 0.433. The van der Waals surface area contributed by atoms with Crippen LogP contribution in [0.2, 0.25) is 0 Å². The van der Waals surface area contributed by atoms with Crippen molar-refractivity contribution >= 4 is 17.6 Å². The van der Waals surface area contributed by atoms with Crippen molar-refractivity contribution in [2.45, 2.75) is 33.7 Å². The summed E-state index contributed by atoms with van der Waals surface area (Å²) in [5, 5.41) is 8.51. The summed E-state index contributed by atoms with van der Waals surface area (Å²) < 4.78 is 0. The monoisotopic (exact) mass is 292 g/mol. The lowest BCUT2D eigenvalue weighted by atomic mass is 10.2. The number of pyridine rings is 1. The van der Waals surface area contributed by atoms with E-state index >= 15 is 0 Å². The van der Waals surface area contributed by atoms with Crippen LogP contribution in [-0.4, -0.2) is 35.9 Å². The average Bonchev–Trinajstić information content (AvgIpc) is 2.45. The molecule has 116 valence electrons. The van der Waals surface area contributed by atoms with Gasteiger partial charge in [-0.3, -0.25) is 9.59 Å². The van der Waals surface area contributed by atoms with Gasteiger partial charge in [-0.1, -0.05) is 13.8 Å². The Morgan fingerprint density at radius 1 is 1.29 bits per heavy atom. The maximum atomic E-state index is 12.2. The molecule has 0 aromatic carbocycles. The molecule has 1 heterocycles. The van der Waals surface area contributed by atoms with Gasteiger partial charge in [0, 0.05) is 19.3 Å². The molecule has 0 saturated carbocycles.